The van der Waals surface area contributed by atoms with E-state index in [0.29, 0.717) is 5.75 Å². The van der Waals surface area contributed by atoms with Crippen LogP contribution in [0.5, 0.6) is 5.75 Å². The van der Waals surface area contributed by atoms with Crippen LogP contribution in [0.4, 0.5) is 0 Å². The summed E-state index contributed by atoms with van der Waals surface area (Å²) in [6, 6.07) is 3.41. The molecule has 112 valence electrons. The zero-order valence-electron chi connectivity index (χ0n) is 12.0. The van der Waals surface area contributed by atoms with E-state index in [-0.39, 0.29) is 16.7 Å². The SMILES string of the molecule is COC(=O)c1ccc2c(c1C(=O)OC)OC1(CC2)CNC1. The summed E-state index contributed by atoms with van der Waals surface area (Å²) >= 11 is 0. The maximum Gasteiger partial charge on any atom is 0.342 e. The van der Waals surface area contributed by atoms with E-state index >= 15 is 0 Å². The summed E-state index contributed by atoms with van der Waals surface area (Å²) in [5.41, 5.74) is 0.977. The van der Waals surface area contributed by atoms with Gasteiger partial charge in [-0.25, -0.2) is 9.59 Å². The molecule has 1 aromatic rings. The minimum atomic E-state index is -0.586. The third kappa shape index (κ3) is 2.15. The maximum absolute atomic E-state index is 12.1. The van der Waals surface area contributed by atoms with Crippen molar-refractivity contribution in [3.63, 3.8) is 0 Å². The Balaban J connectivity index is 2.12. The molecule has 1 aromatic carbocycles. The van der Waals surface area contributed by atoms with Gasteiger partial charge in [-0.1, -0.05) is 6.07 Å². The number of fused-ring (bicyclic) bond motifs is 1. The first kappa shape index (κ1) is 13.9. The molecule has 0 unspecified atom stereocenters. The van der Waals surface area contributed by atoms with Gasteiger partial charge in [0.05, 0.1) is 19.8 Å². The zero-order valence-corrected chi connectivity index (χ0v) is 12.0. The molecule has 0 amide bonds. The number of hydrogen-bond donors (Lipinski definition) is 1. The largest absolute Gasteiger partial charge is 0.483 e. The zero-order chi connectivity index (χ0) is 15.0. The van der Waals surface area contributed by atoms with Crippen molar-refractivity contribution in [2.24, 2.45) is 0 Å². The van der Waals surface area contributed by atoms with Crippen LogP contribution in [-0.4, -0.2) is 44.8 Å². The average molecular weight is 291 g/mol. The number of hydrogen-bond acceptors (Lipinski definition) is 6. The molecule has 0 aromatic heterocycles. The number of aryl methyl sites for hydroxylation is 1. The number of ether oxygens (including phenoxy) is 3. The Morgan fingerprint density at radius 3 is 2.48 bits per heavy atom. The summed E-state index contributed by atoms with van der Waals surface area (Å²) < 4.78 is 15.6. The highest BCUT2D eigenvalue weighted by molar-refractivity contribution is 6.05. The van der Waals surface area contributed by atoms with Crippen molar-refractivity contribution in [1.82, 2.24) is 5.32 Å². The number of methoxy groups -OCH3 is 2. The van der Waals surface area contributed by atoms with Gasteiger partial charge in [-0.2, -0.15) is 0 Å². The first-order valence-electron chi connectivity index (χ1n) is 6.82. The standard InChI is InChI=1S/C15H17NO5/c1-19-13(17)10-4-3-9-5-6-15(7-16-8-15)21-12(9)11(10)14(18)20-2/h3-4,16H,5-8H2,1-2H3. The summed E-state index contributed by atoms with van der Waals surface area (Å²) in [4.78, 5) is 24.0. The molecule has 0 saturated carbocycles. The number of esters is 2. The van der Waals surface area contributed by atoms with Crippen LogP contribution < -0.4 is 10.1 Å². The summed E-state index contributed by atoms with van der Waals surface area (Å²) in [6.45, 7) is 1.49. The minimum Gasteiger partial charge on any atom is -0.483 e. The van der Waals surface area contributed by atoms with Gasteiger partial charge in [0.1, 0.15) is 16.9 Å². The van der Waals surface area contributed by atoms with Crippen LogP contribution >= 0.6 is 0 Å². The van der Waals surface area contributed by atoms with Crippen LogP contribution in [0.1, 0.15) is 32.7 Å². The lowest BCUT2D eigenvalue weighted by molar-refractivity contribution is -0.00398. The topological polar surface area (TPSA) is 73.9 Å². The molecule has 2 aliphatic rings. The van der Waals surface area contributed by atoms with Crippen LogP contribution in [0.3, 0.4) is 0 Å². The van der Waals surface area contributed by atoms with E-state index in [4.69, 9.17) is 14.2 Å². The predicted octanol–water partition coefficient (Wildman–Crippen LogP) is 0.927. The number of carbonyl (C=O) groups is 2. The number of carbonyl (C=O) groups excluding carboxylic acids is 2. The van der Waals surface area contributed by atoms with Crippen molar-refractivity contribution in [1.29, 1.82) is 0 Å². The Bertz CT molecular complexity index is 606. The van der Waals surface area contributed by atoms with Gasteiger partial charge in [-0.15, -0.1) is 0 Å². The first-order valence-corrected chi connectivity index (χ1v) is 6.82. The number of rotatable bonds is 2. The Labute approximate surface area is 122 Å². The second-order valence-corrected chi connectivity index (χ2v) is 5.35. The maximum atomic E-state index is 12.1. The summed E-state index contributed by atoms with van der Waals surface area (Å²) in [6.07, 6.45) is 1.70. The number of nitrogens with one attached hydrogen (secondary N) is 1. The third-order valence-electron chi connectivity index (χ3n) is 4.10. The van der Waals surface area contributed by atoms with Gasteiger partial charge in [-0.3, -0.25) is 0 Å². The second kappa shape index (κ2) is 5.04. The molecular weight excluding hydrogens is 274 g/mol. The molecule has 3 rings (SSSR count). The van der Waals surface area contributed by atoms with Gasteiger partial charge < -0.3 is 19.5 Å². The molecule has 1 N–H and O–H groups in total. The third-order valence-corrected chi connectivity index (χ3v) is 4.10. The molecule has 1 fully saturated rings. The highest BCUT2D eigenvalue weighted by Crippen LogP contribution is 2.39. The van der Waals surface area contributed by atoms with Gasteiger partial charge in [0, 0.05) is 13.1 Å². The van der Waals surface area contributed by atoms with Gasteiger partial charge in [0.25, 0.3) is 0 Å². The Morgan fingerprint density at radius 1 is 1.19 bits per heavy atom. The molecule has 6 nitrogen and oxygen atoms in total. The van der Waals surface area contributed by atoms with Crippen molar-refractivity contribution in [2.45, 2.75) is 18.4 Å². The fourth-order valence-electron chi connectivity index (χ4n) is 2.81. The molecule has 0 aliphatic carbocycles. The first-order chi connectivity index (χ1) is 10.1. The molecule has 2 heterocycles. The predicted molar refractivity (Wildman–Crippen MR) is 73.7 cm³/mol. The van der Waals surface area contributed by atoms with Gasteiger partial charge in [0.2, 0.25) is 0 Å². The molecule has 0 radical (unpaired) electrons. The van der Waals surface area contributed by atoms with E-state index in [1.165, 1.54) is 14.2 Å². The molecule has 6 heteroatoms. The smallest absolute Gasteiger partial charge is 0.342 e. The highest BCUT2D eigenvalue weighted by Gasteiger charge is 2.44. The summed E-state index contributed by atoms with van der Waals surface area (Å²) in [5, 5.41) is 3.18. The Morgan fingerprint density at radius 2 is 1.90 bits per heavy atom. The molecular formula is C15H17NO5. The van der Waals surface area contributed by atoms with E-state index < -0.39 is 11.9 Å². The van der Waals surface area contributed by atoms with E-state index in [0.717, 1.165) is 31.5 Å². The van der Waals surface area contributed by atoms with Crippen LogP contribution in [-0.2, 0) is 15.9 Å². The van der Waals surface area contributed by atoms with E-state index in [9.17, 15) is 9.59 Å². The fraction of sp³-hybridized carbons (Fsp3) is 0.467. The van der Waals surface area contributed by atoms with Crippen molar-refractivity contribution < 1.29 is 23.8 Å². The molecule has 21 heavy (non-hydrogen) atoms. The Kier molecular flexibility index (Phi) is 3.33. The average Bonchev–Trinajstić information content (AvgIpc) is 2.50. The minimum absolute atomic E-state index is 0.160. The normalized spacial score (nSPS) is 18.2. The second-order valence-electron chi connectivity index (χ2n) is 5.35. The van der Waals surface area contributed by atoms with Crippen LogP contribution in [0, 0.1) is 0 Å². The molecule has 0 atom stereocenters. The number of benzene rings is 1. The quantitative estimate of drug-likeness (QED) is 0.817. The van der Waals surface area contributed by atoms with Gasteiger partial charge in [-0.05, 0) is 24.5 Å². The van der Waals surface area contributed by atoms with Crippen LogP contribution in [0.2, 0.25) is 0 Å². The van der Waals surface area contributed by atoms with Gasteiger partial charge >= 0.3 is 11.9 Å². The van der Waals surface area contributed by atoms with E-state index in [2.05, 4.69) is 5.32 Å². The fourth-order valence-corrected chi connectivity index (χ4v) is 2.81. The summed E-state index contributed by atoms with van der Waals surface area (Å²) in [7, 11) is 2.56. The lowest BCUT2D eigenvalue weighted by Gasteiger charge is -2.46. The van der Waals surface area contributed by atoms with Gasteiger partial charge in [0.15, 0.2) is 0 Å². The van der Waals surface area contributed by atoms with E-state index in [1.807, 2.05) is 6.07 Å². The lowest BCUT2D eigenvalue weighted by Crippen LogP contribution is -2.64. The van der Waals surface area contributed by atoms with Crippen molar-refractivity contribution in [3.05, 3.63) is 28.8 Å². The molecule has 0 bridgehead atoms. The van der Waals surface area contributed by atoms with Crippen molar-refractivity contribution in [2.75, 3.05) is 27.3 Å². The van der Waals surface area contributed by atoms with Crippen molar-refractivity contribution in [3.8, 4) is 5.75 Å². The molecule has 1 saturated heterocycles. The van der Waals surface area contributed by atoms with Crippen molar-refractivity contribution >= 4 is 11.9 Å². The molecule has 1 spiro atoms. The molecule has 2 aliphatic heterocycles. The Hall–Kier alpha value is -2.08. The van der Waals surface area contributed by atoms with Crippen LogP contribution in [0.25, 0.3) is 0 Å². The lowest BCUT2D eigenvalue weighted by atomic mass is 9.85. The highest BCUT2D eigenvalue weighted by atomic mass is 16.5. The van der Waals surface area contributed by atoms with E-state index in [1.54, 1.807) is 6.07 Å². The monoisotopic (exact) mass is 291 g/mol. The van der Waals surface area contributed by atoms with Crippen LogP contribution in [0.15, 0.2) is 12.1 Å². The summed E-state index contributed by atoms with van der Waals surface area (Å²) in [5.74, 6) is -0.706.